The van der Waals surface area contributed by atoms with Crippen molar-refractivity contribution in [3.63, 3.8) is 0 Å². The van der Waals surface area contributed by atoms with Crippen molar-refractivity contribution in [2.24, 2.45) is 0 Å². The summed E-state index contributed by atoms with van der Waals surface area (Å²) in [5.74, 6) is -2.44. The van der Waals surface area contributed by atoms with Crippen molar-refractivity contribution in [1.82, 2.24) is 10.6 Å². The van der Waals surface area contributed by atoms with Crippen LogP contribution in [0, 0.1) is 0 Å². The SMILES string of the molecule is Cl.Cl.O=C(O)[C@@H]1CC[C@H](C(F)(F)F)N1.O=C(O)[C@H]1CC[C@@H](C(F)(F)F)N1. The summed E-state index contributed by atoms with van der Waals surface area (Å²) < 4.78 is 71.7. The molecule has 0 radical (unpaired) electrons. The van der Waals surface area contributed by atoms with Gasteiger partial charge in [-0.15, -0.1) is 24.8 Å². The minimum absolute atomic E-state index is 0. The third kappa shape index (κ3) is 8.14. The third-order valence-electron chi connectivity index (χ3n) is 3.68. The van der Waals surface area contributed by atoms with Crippen molar-refractivity contribution in [2.45, 2.75) is 62.2 Å². The van der Waals surface area contributed by atoms with Crippen LogP contribution in [0.15, 0.2) is 0 Å². The number of hydrogen-bond acceptors (Lipinski definition) is 4. The number of halogens is 8. The van der Waals surface area contributed by atoms with Crippen LogP contribution in [0.3, 0.4) is 0 Å². The molecule has 0 amide bonds. The van der Waals surface area contributed by atoms with Gasteiger partial charge < -0.3 is 10.2 Å². The van der Waals surface area contributed by atoms with E-state index in [0.717, 1.165) is 0 Å². The zero-order chi connectivity index (χ0) is 18.7. The molecule has 0 spiro atoms. The first-order chi connectivity index (χ1) is 10.8. The average Bonchev–Trinajstić information content (AvgIpc) is 3.08. The van der Waals surface area contributed by atoms with Gasteiger partial charge in [-0.1, -0.05) is 0 Å². The van der Waals surface area contributed by atoms with Crippen LogP contribution in [0.1, 0.15) is 25.7 Å². The van der Waals surface area contributed by atoms with Crippen molar-refractivity contribution in [3.05, 3.63) is 0 Å². The summed E-state index contributed by atoms with van der Waals surface area (Å²) in [6.07, 6.45) is -8.88. The molecule has 0 bridgehead atoms. The second-order valence-corrected chi connectivity index (χ2v) is 5.46. The Labute approximate surface area is 156 Å². The van der Waals surface area contributed by atoms with Crippen LogP contribution in [-0.4, -0.2) is 58.7 Å². The maximum Gasteiger partial charge on any atom is 0.403 e. The zero-order valence-corrected chi connectivity index (χ0v) is 14.6. The number of hydrogen-bond donors (Lipinski definition) is 4. The maximum atomic E-state index is 11.9. The van der Waals surface area contributed by atoms with Gasteiger partial charge in [-0.3, -0.25) is 20.2 Å². The topological polar surface area (TPSA) is 98.7 Å². The Morgan fingerprint density at radius 1 is 0.692 bits per heavy atom. The van der Waals surface area contributed by atoms with Crippen LogP contribution in [0.25, 0.3) is 0 Å². The minimum Gasteiger partial charge on any atom is -0.480 e. The highest BCUT2D eigenvalue weighted by Crippen LogP contribution is 2.29. The minimum atomic E-state index is -4.33. The van der Waals surface area contributed by atoms with E-state index in [1.807, 2.05) is 10.6 Å². The number of carboxylic acids is 2. The van der Waals surface area contributed by atoms with Crippen LogP contribution in [0.2, 0.25) is 0 Å². The quantitative estimate of drug-likeness (QED) is 0.494. The Balaban J connectivity index is 0. The predicted molar refractivity (Wildman–Crippen MR) is 81.8 cm³/mol. The monoisotopic (exact) mass is 438 g/mol. The Hall–Kier alpha value is -0.980. The molecular formula is C12H18Cl2F6N2O4. The second-order valence-electron chi connectivity index (χ2n) is 5.46. The molecule has 0 aromatic heterocycles. The summed E-state index contributed by atoms with van der Waals surface area (Å²) >= 11 is 0. The molecule has 2 aliphatic heterocycles. The normalized spacial score (nSPS) is 28.2. The first kappa shape index (κ1) is 27.2. The van der Waals surface area contributed by atoms with E-state index in [1.165, 1.54) is 0 Å². The van der Waals surface area contributed by atoms with E-state index < -0.39 is 48.5 Å². The molecule has 0 aromatic carbocycles. The van der Waals surface area contributed by atoms with Gasteiger partial charge in [0, 0.05) is 0 Å². The lowest BCUT2D eigenvalue weighted by Gasteiger charge is -2.14. The van der Waals surface area contributed by atoms with Gasteiger partial charge in [-0.2, -0.15) is 26.3 Å². The molecular weight excluding hydrogens is 421 g/mol. The van der Waals surface area contributed by atoms with E-state index in [9.17, 15) is 35.9 Å². The highest BCUT2D eigenvalue weighted by atomic mass is 35.5. The number of alkyl halides is 6. The van der Waals surface area contributed by atoms with E-state index in [0.29, 0.717) is 0 Å². The molecule has 2 heterocycles. The Kier molecular flexibility index (Phi) is 10.9. The van der Waals surface area contributed by atoms with Crippen LogP contribution >= 0.6 is 24.8 Å². The van der Waals surface area contributed by atoms with E-state index in [-0.39, 0.29) is 50.5 Å². The molecule has 14 heteroatoms. The molecule has 2 rings (SSSR count). The average molecular weight is 439 g/mol. The number of aliphatic carboxylic acids is 2. The maximum absolute atomic E-state index is 11.9. The molecule has 2 aliphatic rings. The van der Waals surface area contributed by atoms with Crippen molar-refractivity contribution in [1.29, 1.82) is 0 Å². The molecule has 0 unspecified atom stereocenters. The smallest absolute Gasteiger partial charge is 0.403 e. The molecule has 6 nitrogen and oxygen atoms in total. The molecule has 0 saturated carbocycles. The lowest BCUT2D eigenvalue weighted by Crippen LogP contribution is -2.43. The van der Waals surface area contributed by atoms with Crippen molar-refractivity contribution < 1.29 is 46.1 Å². The Morgan fingerprint density at radius 2 is 0.962 bits per heavy atom. The molecule has 4 atom stereocenters. The van der Waals surface area contributed by atoms with Gasteiger partial charge in [-0.25, -0.2) is 0 Å². The van der Waals surface area contributed by atoms with Gasteiger partial charge in [0.15, 0.2) is 0 Å². The van der Waals surface area contributed by atoms with Crippen molar-refractivity contribution >= 4 is 36.8 Å². The fraction of sp³-hybridized carbons (Fsp3) is 0.833. The largest absolute Gasteiger partial charge is 0.480 e. The van der Waals surface area contributed by atoms with Gasteiger partial charge >= 0.3 is 24.3 Å². The lowest BCUT2D eigenvalue weighted by atomic mass is 10.2. The van der Waals surface area contributed by atoms with Crippen LogP contribution in [0.5, 0.6) is 0 Å². The van der Waals surface area contributed by atoms with Gasteiger partial charge in [-0.05, 0) is 25.7 Å². The highest BCUT2D eigenvalue weighted by molar-refractivity contribution is 5.85. The third-order valence-corrected chi connectivity index (χ3v) is 3.68. The lowest BCUT2D eigenvalue weighted by molar-refractivity contribution is -0.155. The van der Waals surface area contributed by atoms with Crippen molar-refractivity contribution in [3.8, 4) is 0 Å². The van der Waals surface area contributed by atoms with Crippen LogP contribution < -0.4 is 10.6 Å². The Morgan fingerprint density at radius 3 is 1.08 bits per heavy atom. The molecule has 156 valence electrons. The van der Waals surface area contributed by atoms with Crippen molar-refractivity contribution in [2.75, 3.05) is 0 Å². The first-order valence-electron chi connectivity index (χ1n) is 6.93. The summed E-state index contributed by atoms with van der Waals surface area (Å²) in [4.78, 5) is 20.5. The van der Waals surface area contributed by atoms with Crippen LogP contribution in [-0.2, 0) is 9.59 Å². The Bertz CT molecular complexity index is 436. The summed E-state index contributed by atoms with van der Waals surface area (Å²) in [5.41, 5.74) is 0. The highest BCUT2D eigenvalue weighted by Gasteiger charge is 2.46. The van der Waals surface area contributed by atoms with E-state index in [2.05, 4.69) is 0 Å². The fourth-order valence-corrected chi connectivity index (χ4v) is 2.39. The van der Waals surface area contributed by atoms with Gasteiger partial charge in [0.25, 0.3) is 0 Å². The standard InChI is InChI=1S/2C6H8F3NO2.2ClH/c2*7-6(8,9)4-2-1-3(10-4)5(11)12;;/h2*3-4,10H,1-2H2,(H,11,12);2*1H/t2*3-,4+;;/m10../s1. The van der Waals surface area contributed by atoms with Gasteiger partial charge in [0.2, 0.25) is 0 Å². The number of nitrogens with one attached hydrogen (secondary N) is 2. The van der Waals surface area contributed by atoms with Gasteiger partial charge in [0.1, 0.15) is 24.2 Å². The van der Waals surface area contributed by atoms with Crippen LogP contribution in [0.4, 0.5) is 26.3 Å². The molecule has 2 saturated heterocycles. The molecule has 26 heavy (non-hydrogen) atoms. The van der Waals surface area contributed by atoms with E-state index >= 15 is 0 Å². The summed E-state index contributed by atoms with van der Waals surface area (Å²) in [6.45, 7) is 0. The summed E-state index contributed by atoms with van der Waals surface area (Å²) in [7, 11) is 0. The number of rotatable bonds is 2. The predicted octanol–water partition coefficient (Wildman–Crippen LogP) is 2.35. The molecule has 4 N–H and O–H groups in total. The number of carboxylic acid groups (broad SMARTS) is 2. The number of carbonyl (C=O) groups is 2. The zero-order valence-electron chi connectivity index (χ0n) is 12.9. The first-order valence-corrected chi connectivity index (χ1v) is 6.93. The second kappa shape index (κ2) is 10.4. The summed E-state index contributed by atoms with van der Waals surface area (Å²) in [5, 5.41) is 20.7. The fourth-order valence-electron chi connectivity index (χ4n) is 2.39. The van der Waals surface area contributed by atoms with E-state index in [4.69, 9.17) is 10.2 Å². The van der Waals surface area contributed by atoms with Gasteiger partial charge in [0.05, 0.1) is 0 Å². The summed E-state index contributed by atoms with van der Waals surface area (Å²) in [6, 6.07) is -5.40. The molecule has 0 aromatic rings. The molecule has 2 fully saturated rings. The molecule has 0 aliphatic carbocycles. The van der Waals surface area contributed by atoms with E-state index in [1.54, 1.807) is 0 Å².